The first-order chi connectivity index (χ1) is 10.1. The lowest BCUT2D eigenvalue weighted by atomic mass is 10.2. The van der Waals surface area contributed by atoms with Gasteiger partial charge in [0, 0.05) is 18.4 Å². The van der Waals surface area contributed by atoms with E-state index in [1.54, 1.807) is 6.20 Å². The van der Waals surface area contributed by atoms with Gasteiger partial charge in [0.05, 0.1) is 6.54 Å². The fraction of sp³-hybridized carbons (Fsp3) is 0.250. The van der Waals surface area contributed by atoms with Gasteiger partial charge in [0.25, 0.3) is 0 Å². The largest absolute Gasteiger partial charge is 0.366 e. The lowest BCUT2D eigenvalue weighted by molar-refractivity contribution is -0.116. The first kappa shape index (κ1) is 15.0. The lowest BCUT2D eigenvalue weighted by Gasteiger charge is -2.11. The normalized spacial score (nSPS) is 10.4. The monoisotopic (exact) mass is 284 g/mol. The molecule has 0 saturated heterocycles. The number of hydrogen-bond acceptors (Lipinski definition) is 4. The molecule has 1 amide bonds. The Bertz CT molecular complexity index is 584. The maximum absolute atomic E-state index is 11.7. The van der Waals surface area contributed by atoms with Crippen LogP contribution in [0.2, 0.25) is 0 Å². The maximum atomic E-state index is 11.7. The molecule has 0 aliphatic carbocycles. The van der Waals surface area contributed by atoms with E-state index in [0.29, 0.717) is 13.1 Å². The Hall–Kier alpha value is -2.40. The van der Waals surface area contributed by atoms with Crippen molar-refractivity contribution in [1.82, 2.24) is 9.88 Å². The summed E-state index contributed by atoms with van der Waals surface area (Å²) in [6.07, 6.45) is 1.75. The minimum absolute atomic E-state index is 0.0187. The Labute approximate surface area is 125 Å². The number of nitrogens with zero attached hydrogens (tertiary/aromatic N) is 2. The predicted molar refractivity (Wildman–Crippen MR) is 85.2 cm³/mol. The van der Waals surface area contributed by atoms with Crippen LogP contribution in [0.3, 0.4) is 0 Å². The third-order valence-corrected chi connectivity index (χ3v) is 2.81. The number of anilines is 2. The van der Waals surface area contributed by atoms with Crippen LogP contribution in [0.1, 0.15) is 5.56 Å². The Balaban J connectivity index is 1.93. The number of carbonyl (C=O) groups excluding carboxylic acids is 1. The second-order valence-corrected chi connectivity index (χ2v) is 5.05. The molecule has 0 spiro atoms. The van der Waals surface area contributed by atoms with Crippen LogP contribution >= 0.6 is 0 Å². The van der Waals surface area contributed by atoms with Crippen LogP contribution in [0, 0.1) is 0 Å². The molecule has 0 bridgehead atoms. The van der Waals surface area contributed by atoms with Crippen molar-refractivity contribution in [2.45, 2.75) is 6.54 Å². The molecule has 2 aromatic rings. The summed E-state index contributed by atoms with van der Waals surface area (Å²) in [5.41, 5.74) is 1.89. The van der Waals surface area contributed by atoms with Gasteiger partial charge >= 0.3 is 0 Å². The van der Waals surface area contributed by atoms with Crippen molar-refractivity contribution < 1.29 is 4.79 Å². The number of nitrogens with one attached hydrogen (secondary N) is 2. The Morgan fingerprint density at radius 2 is 2.05 bits per heavy atom. The number of hydrogen-bond donors (Lipinski definition) is 2. The molecule has 110 valence electrons. The number of amides is 1. The molecule has 0 aliphatic heterocycles. The summed E-state index contributed by atoms with van der Waals surface area (Å²) < 4.78 is 0. The summed E-state index contributed by atoms with van der Waals surface area (Å²) in [6, 6.07) is 13.5. The van der Waals surface area contributed by atoms with E-state index >= 15 is 0 Å². The second kappa shape index (κ2) is 7.40. The third kappa shape index (κ3) is 5.24. The van der Waals surface area contributed by atoms with Crippen molar-refractivity contribution in [3.63, 3.8) is 0 Å². The molecule has 0 atom stereocenters. The van der Waals surface area contributed by atoms with E-state index in [1.807, 2.05) is 61.5 Å². The molecule has 0 radical (unpaired) electrons. The Morgan fingerprint density at radius 1 is 1.19 bits per heavy atom. The van der Waals surface area contributed by atoms with Gasteiger partial charge in [0.2, 0.25) is 5.91 Å². The highest BCUT2D eigenvalue weighted by atomic mass is 16.2. The average molecular weight is 284 g/mol. The van der Waals surface area contributed by atoms with Crippen LogP contribution in [-0.2, 0) is 11.3 Å². The SMILES string of the molecule is CN(C)CC(=O)Nc1cccc(CNc2ccccn2)c1. The zero-order valence-electron chi connectivity index (χ0n) is 12.3. The van der Waals surface area contributed by atoms with E-state index in [2.05, 4.69) is 15.6 Å². The van der Waals surface area contributed by atoms with E-state index in [9.17, 15) is 4.79 Å². The minimum Gasteiger partial charge on any atom is -0.366 e. The standard InChI is InChI=1S/C16H20N4O/c1-20(2)12-16(21)19-14-7-5-6-13(10-14)11-18-15-8-3-4-9-17-15/h3-10H,11-12H2,1-2H3,(H,17,18)(H,19,21). The zero-order valence-corrected chi connectivity index (χ0v) is 12.3. The lowest BCUT2D eigenvalue weighted by Crippen LogP contribution is -2.27. The minimum atomic E-state index is -0.0187. The van der Waals surface area contributed by atoms with Crippen LogP contribution in [0.5, 0.6) is 0 Å². The molecule has 0 aliphatic rings. The highest BCUT2D eigenvalue weighted by Gasteiger charge is 2.04. The fourth-order valence-corrected chi connectivity index (χ4v) is 1.91. The molecule has 5 heteroatoms. The van der Waals surface area contributed by atoms with E-state index in [-0.39, 0.29) is 5.91 Å². The van der Waals surface area contributed by atoms with E-state index in [0.717, 1.165) is 17.1 Å². The van der Waals surface area contributed by atoms with Crippen molar-refractivity contribution in [2.75, 3.05) is 31.3 Å². The van der Waals surface area contributed by atoms with Crippen molar-refractivity contribution >= 4 is 17.4 Å². The van der Waals surface area contributed by atoms with Crippen LogP contribution < -0.4 is 10.6 Å². The van der Waals surface area contributed by atoms with Gasteiger partial charge in [-0.05, 0) is 43.9 Å². The van der Waals surface area contributed by atoms with Crippen LogP contribution in [0.4, 0.5) is 11.5 Å². The molecule has 0 fully saturated rings. The third-order valence-electron chi connectivity index (χ3n) is 2.81. The number of aromatic nitrogens is 1. The predicted octanol–water partition coefficient (Wildman–Crippen LogP) is 2.19. The van der Waals surface area contributed by atoms with Crippen molar-refractivity contribution in [3.8, 4) is 0 Å². The average Bonchev–Trinajstić information content (AvgIpc) is 2.46. The number of likely N-dealkylation sites (N-methyl/N-ethyl adjacent to an activating group) is 1. The molecule has 1 heterocycles. The molecule has 0 saturated carbocycles. The van der Waals surface area contributed by atoms with Gasteiger partial charge in [0.1, 0.15) is 5.82 Å². The summed E-state index contributed by atoms with van der Waals surface area (Å²) in [5.74, 6) is 0.814. The molecule has 5 nitrogen and oxygen atoms in total. The molecule has 1 aromatic heterocycles. The molecule has 1 aromatic carbocycles. The van der Waals surface area contributed by atoms with Gasteiger partial charge < -0.3 is 15.5 Å². The van der Waals surface area contributed by atoms with Crippen molar-refractivity contribution in [3.05, 3.63) is 54.2 Å². The fourth-order valence-electron chi connectivity index (χ4n) is 1.91. The highest BCUT2D eigenvalue weighted by Crippen LogP contribution is 2.12. The Morgan fingerprint density at radius 3 is 2.76 bits per heavy atom. The topological polar surface area (TPSA) is 57.3 Å². The van der Waals surface area contributed by atoms with Gasteiger partial charge in [-0.3, -0.25) is 4.79 Å². The molecule has 0 unspecified atom stereocenters. The second-order valence-electron chi connectivity index (χ2n) is 5.05. The number of carbonyl (C=O) groups is 1. The van der Waals surface area contributed by atoms with Gasteiger partial charge in [-0.25, -0.2) is 4.98 Å². The summed E-state index contributed by atoms with van der Waals surface area (Å²) >= 11 is 0. The number of benzene rings is 1. The van der Waals surface area contributed by atoms with Gasteiger partial charge in [-0.15, -0.1) is 0 Å². The molecular weight excluding hydrogens is 264 g/mol. The zero-order chi connectivity index (χ0) is 15.1. The molecule has 2 rings (SSSR count). The van der Waals surface area contributed by atoms with Crippen LogP contribution in [0.15, 0.2) is 48.7 Å². The maximum Gasteiger partial charge on any atom is 0.238 e. The summed E-state index contributed by atoms with van der Waals surface area (Å²) in [7, 11) is 3.74. The smallest absolute Gasteiger partial charge is 0.238 e. The molecular formula is C16H20N4O. The molecule has 2 N–H and O–H groups in total. The van der Waals surface area contributed by atoms with Crippen molar-refractivity contribution in [1.29, 1.82) is 0 Å². The Kier molecular flexibility index (Phi) is 5.29. The number of pyridine rings is 1. The summed E-state index contributed by atoms with van der Waals surface area (Å²) in [4.78, 5) is 17.8. The van der Waals surface area contributed by atoms with Crippen LogP contribution in [0.25, 0.3) is 0 Å². The quantitative estimate of drug-likeness (QED) is 0.854. The number of rotatable bonds is 6. The van der Waals surface area contributed by atoms with Gasteiger partial charge in [0.15, 0.2) is 0 Å². The molecule has 21 heavy (non-hydrogen) atoms. The summed E-state index contributed by atoms with van der Waals surface area (Å²) in [6.45, 7) is 1.03. The summed E-state index contributed by atoms with van der Waals surface area (Å²) in [5, 5.41) is 6.13. The van der Waals surface area contributed by atoms with Gasteiger partial charge in [-0.1, -0.05) is 18.2 Å². The highest BCUT2D eigenvalue weighted by molar-refractivity contribution is 5.92. The first-order valence-corrected chi connectivity index (χ1v) is 6.82. The van der Waals surface area contributed by atoms with Gasteiger partial charge in [-0.2, -0.15) is 0 Å². The van der Waals surface area contributed by atoms with Crippen molar-refractivity contribution in [2.24, 2.45) is 0 Å². The van der Waals surface area contributed by atoms with E-state index in [4.69, 9.17) is 0 Å². The first-order valence-electron chi connectivity index (χ1n) is 6.82. The van der Waals surface area contributed by atoms with E-state index < -0.39 is 0 Å². The van der Waals surface area contributed by atoms with Crippen LogP contribution in [-0.4, -0.2) is 36.4 Å². The van der Waals surface area contributed by atoms with E-state index in [1.165, 1.54) is 0 Å².